The highest BCUT2D eigenvalue weighted by molar-refractivity contribution is 7.84. The Morgan fingerprint density at radius 3 is 2.71 bits per heavy atom. The van der Waals surface area contributed by atoms with E-state index in [1.807, 2.05) is 18.4 Å². The van der Waals surface area contributed by atoms with Crippen LogP contribution in [-0.2, 0) is 23.8 Å². The van der Waals surface area contributed by atoms with Gasteiger partial charge in [-0.3, -0.25) is 4.21 Å². The summed E-state index contributed by atoms with van der Waals surface area (Å²) in [4.78, 5) is 0. The zero-order valence-corrected chi connectivity index (χ0v) is 10.1. The van der Waals surface area contributed by atoms with Gasteiger partial charge in [0.25, 0.3) is 0 Å². The third-order valence-corrected chi connectivity index (χ3v) is 3.67. The Morgan fingerprint density at radius 2 is 2.21 bits per heavy atom. The molecule has 0 aliphatic carbocycles. The molecule has 2 unspecified atom stereocenters. The molecule has 0 bridgehead atoms. The van der Waals surface area contributed by atoms with E-state index in [0.717, 1.165) is 12.2 Å². The van der Waals surface area contributed by atoms with E-state index in [2.05, 4.69) is 10.2 Å². The highest BCUT2D eigenvalue weighted by Crippen LogP contribution is 2.11. The first-order chi connectivity index (χ1) is 6.56. The van der Waals surface area contributed by atoms with E-state index in [9.17, 15) is 4.21 Å². The second kappa shape index (κ2) is 4.89. The van der Waals surface area contributed by atoms with Crippen molar-refractivity contribution in [2.75, 3.05) is 6.26 Å². The van der Waals surface area contributed by atoms with Gasteiger partial charge >= 0.3 is 0 Å². The second-order valence-corrected chi connectivity index (χ2v) is 5.30. The van der Waals surface area contributed by atoms with E-state index in [4.69, 9.17) is 11.6 Å². The van der Waals surface area contributed by atoms with Crippen molar-refractivity contribution in [1.82, 2.24) is 14.8 Å². The maximum absolute atomic E-state index is 11.2. The lowest BCUT2D eigenvalue weighted by Gasteiger charge is -2.11. The van der Waals surface area contributed by atoms with Crippen LogP contribution in [0.1, 0.15) is 19.7 Å². The van der Waals surface area contributed by atoms with Crippen LogP contribution < -0.4 is 0 Å². The zero-order chi connectivity index (χ0) is 10.7. The minimum atomic E-state index is -0.848. The summed E-state index contributed by atoms with van der Waals surface area (Å²) in [6.45, 7) is 4.52. The third-order valence-electron chi connectivity index (χ3n) is 2.10. The quantitative estimate of drug-likeness (QED) is 0.790. The van der Waals surface area contributed by atoms with Crippen LogP contribution in [0.3, 0.4) is 0 Å². The van der Waals surface area contributed by atoms with Gasteiger partial charge in [0.1, 0.15) is 5.82 Å². The normalized spacial score (nSPS) is 15.4. The van der Waals surface area contributed by atoms with E-state index in [1.54, 1.807) is 6.26 Å². The van der Waals surface area contributed by atoms with Crippen molar-refractivity contribution in [1.29, 1.82) is 0 Å². The van der Waals surface area contributed by atoms with Crippen LogP contribution in [0, 0.1) is 0 Å². The van der Waals surface area contributed by atoms with Gasteiger partial charge in [0.15, 0.2) is 0 Å². The monoisotopic (exact) mass is 235 g/mol. The van der Waals surface area contributed by atoms with Gasteiger partial charge in [0.2, 0.25) is 5.28 Å². The summed E-state index contributed by atoms with van der Waals surface area (Å²) >= 11 is 5.86. The lowest BCUT2D eigenvalue weighted by atomic mass is 10.4. The highest BCUT2D eigenvalue weighted by Gasteiger charge is 2.13. The molecule has 0 fully saturated rings. The Hall–Kier alpha value is -0.420. The number of hydrogen-bond acceptors (Lipinski definition) is 3. The molecule has 4 nitrogen and oxygen atoms in total. The molecule has 0 saturated carbocycles. The van der Waals surface area contributed by atoms with Gasteiger partial charge in [0, 0.05) is 35.3 Å². The van der Waals surface area contributed by atoms with E-state index in [1.165, 1.54) is 0 Å². The molecule has 0 aliphatic rings. The molecule has 0 N–H and O–H groups in total. The standard InChI is InChI=1S/C8H14ClN3OS/c1-4-7-10-11-8(9)12(7)5-6(2)14(3)13/h6H,4-5H2,1-3H3. The Labute approximate surface area is 91.1 Å². The van der Waals surface area contributed by atoms with Crippen molar-refractivity contribution in [3.8, 4) is 0 Å². The fourth-order valence-electron chi connectivity index (χ4n) is 1.12. The lowest BCUT2D eigenvalue weighted by Crippen LogP contribution is -2.19. The van der Waals surface area contributed by atoms with Crippen molar-refractivity contribution < 1.29 is 4.21 Å². The van der Waals surface area contributed by atoms with Crippen LogP contribution in [-0.4, -0.2) is 30.5 Å². The number of aromatic nitrogens is 3. The first-order valence-electron chi connectivity index (χ1n) is 4.46. The predicted molar refractivity (Wildman–Crippen MR) is 57.9 cm³/mol. The average Bonchev–Trinajstić information content (AvgIpc) is 2.47. The largest absolute Gasteiger partial charge is 0.301 e. The van der Waals surface area contributed by atoms with Gasteiger partial charge in [-0.1, -0.05) is 6.92 Å². The molecular weight excluding hydrogens is 222 g/mol. The van der Waals surface area contributed by atoms with Gasteiger partial charge in [-0.05, 0) is 18.5 Å². The second-order valence-electron chi connectivity index (χ2n) is 3.16. The summed E-state index contributed by atoms with van der Waals surface area (Å²) in [5.41, 5.74) is 0. The molecule has 6 heteroatoms. The van der Waals surface area contributed by atoms with Crippen LogP contribution in [0.5, 0.6) is 0 Å². The molecule has 0 radical (unpaired) electrons. The first-order valence-corrected chi connectivity index (χ1v) is 6.46. The third kappa shape index (κ3) is 2.54. The van der Waals surface area contributed by atoms with Gasteiger partial charge < -0.3 is 4.57 Å². The van der Waals surface area contributed by atoms with Crippen LogP contribution >= 0.6 is 11.6 Å². The number of rotatable bonds is 4. The fourth-order valence-corrected chi connectivity index (χ4v) is 1.68. The molecule has 0 saturated heterocycles. The van der Waals surface area contributed by atoms with Gasteiger partial charge in [0.05, 0.1) is 0 Å². The summed E-state index contributed by atoms with van der Waals surface area (Å²) in [5, 5.41) is 8.15. The van der Waals surface area contributed by atoms with Gasteiger partial charge in [-0.25, -0.2) is 0 Å². The van der Waals surface area contributed by atoms with E-state index in [0.29, 0.717) is 11.8 Å². The number of hydrogen-bond donors (Lipinski definition) is 0. The minimum Gasteiger partial charge on any atom is -0.301 e. The van der Waals surface area contributed by atoms with Crippen LogP contribution in [0.15, 0.2) is 0 Å². The van der Waals surface area contributed by atoms with Crippen LogP contribution in [0.2, 0.25) is 5.28 Å². The van der Waals surface area contributed by atoms with Crippen LogP contribution in [0.25, 0.3) is 0 Å². The number of nitrogens with zero attached hydrogens (tertiary/aromatic N) is 3. The molecule has 80 valence electrons. The predicted octanol–water partition coefficient (Wildman–Crippen LogP) is 1.26. The summed E-state index contributed by atoms with van der Waals surface area (Å²) in [6.07, 6.45) is 2.47. The van der Waals surface area contributed by atoms with E-state index in [-0.39, 0.29) is 5.25 Å². The molecule has 2 atom stereocenters. The zero-order valence-electron chi connectivity index (χ0n) is 8.53. The Kier molecular flexibility index (Phi) is 4.07. The number of aryl methyl sites for hydroxylation is 1. The highest BCUT2D eigenvalue weighted by atomic mass is 35.5. The van der Waals surface area contributed by atoms with Gasteiger partial charge in [-0.15, -0.1) is 10.2 Å². The molecule has 0 amide bonds. The molecule has 14 heavy (non-hydrogen) atoms. The van der Waals surface area contributed by atoms with E-state index < -0.39 is 10.8 Å². The first kappa shape index (κ1) is 11.7. The molecule has 1 aromatic heterocycles. The van der Waals surface area contributed by atoms with Gasteiger partial charge in [-0.2, -0.15) is 0 Å². The molecule has 0 aliphatic heterocycles. The molecule has 1 heterocycles. The Balaban J connectivity index is 2.84. The average molecular weight is 236 g/mol. The topological polar surface area (TPSA) is 47.8 Å². The molecular formula is C8H14ClN3OS. The molecule has 1 aromatic rings. The Bertz CT molecular complexity index is 339. The smallest absolute Gasteiger partial charge is 0.225 e. The summed E-state index contributed by atoms with van der Waals surface area (Å²) < 4.78 is 13.0. The van der Waals surface area contributed by atoms with Crippen molar-refractivity contribution in [3.05, 3.63) is 11.1 Å². The van der Waals surface area contributed by atoms with Crippen molar-refractivity contribution in [2.24, 2.45) is 0 Å². The Morgan fingerprint density at radius 1 is 1.57 bits per heavy atom. The molecule has 0 spiro atoms. The minimum absolute atomic E-state index is 0.0637. The van der Waals surface area contributed by atoms with Crippen molar-refractivity contribution >= 4 is 22.4 Å². The summed E-state index contributed by atoms with van der Waals surface area (Å²) in [7, 11) is -0.848. The van der Waals surface area contributed by atoms with Crippen LogP contribution in [0.4, 0.5) is 0 Å². The van der Waals surface area contributed by atoms with Crippen molar-refractivity contribution in [2.45, 2.75) is 32.1 Å². The fraction of sp³-hybridized carbons (Fsp3) is 0.750. The van der Waals surface area contributed by atoms with Crippen molar-refractivity contribution in [3.63, 3.8) is 0 Å². The molecule has 0 aromatic carbocycles. The summed E-state index contributed by atoms with van der Waals surface area (Å²) in [6, 6.07) is 0. The number of halogens is 1. The SMILES string of the molecule is CCc1nnc(Cl)n1CC(C)S(C)=O. The van der Waals surface area contributed by atoms with E-state index >= 15 is 0 Å². The maximum atomic E-state index is 11.2. The summed E-state index contributed by atoms with van der Waals surface area (Å²) in [5.74, 6) is 0.840. The lowest BCUT2D eigenvalue weighted by molar-refractivity contribution is 0.625. The maximum Gasteiger partial charge on any atom is 0.225 e. The molecule has 1 rings (SSSR count).